The highest BCUT2D eigenvalue weighted by Gasteiger charge is 2.17. The normalized spacial score (nSPS) is 10.6. The first kappa shape index (κ1) is 11.2. The summed E-state index contributed by atoms with van der Waals surface area (Å²) in [5.74, 6) is -0.329. The smallest absolute Gasteiger partial charge is 0.291 e. The fraction of sp³-hybridized carbons (Fsp3) is 0.375. The molecule has 78 valence electrons. The number of H-pyrrole nitrogens is 1. The van der Waals surface area contributed by atoms with Gasteiger partial charge in [0.15, 0.2) is 5.75 Å². The molecular weight excluding hydrogens is 260 g/mol. The SMILES string of the molecule is COc1c(C(F)F)cc(CBr)[nH]c1=O. The van der Waals surface area contributed by atoms with Crippen molar-refractivity contribution in [3.8, 4) is 5.75 Å². The van der Waals surface area contributed by atoms with Gasteiger partial charge in [0.1, 0.15) is 0 Å². The maximum atomic E-state index is 12.5. The fourth-order valence-corrected chi connectivity index (χ4v) is 1.37. The highest BCUT2D eigenvalue weighted by molar-refractivity contribution is 9.08. The number of alkyl halides is 3. The second kappa shape index (κ2) is 4.54. The summed E-state index contributed by atoms with van der Waals surface area (Å²) >= 11 is 3.07. The topological polar surface area (TPSA) is 42.1 Å². The third-order valence-corrected chi connectivity index (χ3v) is 2.26. The number of hydrogen-bond donors (Lipinski definition) is 1. The zero-order chi connectivity index (χ0) is 10.7. The predicted molar refractivity (Wildman–Crippen MR) is 51.2 cm³/mol. The zero-order valence-corrected chi connectivity index (χ0v) is 8.90. The van der Waals surface area contributed by atoms with Crippen LogP contribution in [0.4, 0.5) is 8.78 Å². The second-order valence-electron chi connectivity index (χ2n) is 2.55. The van der Waals surface area contributed by atoms with Gasteiger partial charge >= 0.3 is 0 Å². The molecule has 0 fully saturated rings. The van der Waals surface area contributed by atoms with Crippen molar-refractivity contribution < 1.29 is 13.5 Å². The lowest BCUT2D eigenvalue weighted by atomic mass is 10.2. The predicted octanol–water partition coefficient (Wildman–Crippen LogP) is 2.22. The summed E-state index contributed by atoms with van der Waals surface area (Å²) in [5, 5.41) is 0.311. The lowest BCUT2D eigenvalue weighted by Crippen LogP contribution is -2.14. The summed E-state index contributed by atoms with van der Waals surface area (Å²) in [6.45, 7) is 0. The van der Waals surface area contributed by atoms with Crippen LogP contribution in [0.3, 0.4) is 0 Å². The molecule has 1 heterocycles. The summed E-state index contributed by atoms with van der Waals surface area (Å²) in [6, 6.07) is 1.21. The van der Waals surface area contributed by atoms with Gasteiger partial charge in [-0.05, 0) is 6.07 Å². The van der Waals surface area contributed by atoms with Gasteiger partial charge in [-0.3, -0.25) is 4.79 Å². The Balaban J connectivity index is 3.36. The van der Waals surface area contributed by atoms with Crippen LogP contribution < -0.4 is 10.3 Å². The van der Waals surface area contributed by atoms with Crippen LogP contribution in [-0.2, 0) is 5.33 Å². The molecule has 0 amide bonds. The van der Waals surface area contributed by atoms with E-state index >= 15 is 0 Å². The lowest BCUT2D eigenvalue weighted by molar-refractivity contribution is 0.146. The van der Waals surface area contributed by atoms with Gasteiger partial charge in [0.25, 0.3) is 12.0 Å². The van der Waals surface area contributed by atoms with Gasteiger partial charge in [0, 0.05) is 11.0 Å². The average molecular weight is 268 g/mol. The van der Waals surface area contributed by atoms with Crippen molar-refractivity contribution in [3.05, 3.63) is 27.7 Å². The molecule has 0 radical (unpaired) electrons. The Morgan fingerprint density at radius 1 is 1.64 bits per heavy atom. The molecule has 0 saturated carbocycles. The molecule has 0 aliphatic carbocycles. The van der Waals surface area contributed by atoms with Gasteiger partial charge in [0.2, 0.25) is 0 Å². The number of halogens is 3. The van der Waals surface area contributed by atoms with Gasteiger partial charge in [-0.2, -0.15) is 0 Å². The van der Waals surface area contributed by atoms with E-state index in [0.717, 1.165) is 0 Å². The van der Waals surface area contributed by atoms with E-state index in [0.29, 0.717) is 11.0 Å². The van der Waals surface area contributed by atoms with E-state index in [2.05, 4.69) is 25.7 Å². The molecule has 1 aromatic rings. The van der Waals surface area contributed by atoms with E-state index in [-0.39, 0.29) is 11.3 Å². The number of rotatable bonds is 3. The van der Waals surface area contributed by atoms with Gasteiger partial charge in [-0.1, -0.05) is 15.9 Å². The first-order valence-electron chi connectivity index (χ1n) is 3.74. The Labute approximate surface area is 87.2 Å². The number of ether oxygens (including phenoxy) is 1. The number of pyridine rings is 1. The monoisotopic (exact) mass is 267 g/mol. The lowest BCUT2D eigenvalue weighted by Gasteiger charge is -2.07. The second-order valence-corrected chi connectivity index (χ2v) is 3.11. The standard InChI is InChI=1S/C8H8BrF2NO2/c1-14-6-5(7(10)11)2-4(3-9)12-8(6)13/h2,7H,3H2,1H3,(H,12,13). The Morgan fingerprint density at radius 2 is 2.29 bits per heavy atom. The summed E-state index contributed by atoms with van der Waals surface area (Å²) in [5.41, 5.74) is -0.628. The molecule has 0 spiro atoms. The maximum Gasteiger partial charge on any atom is 0.291 e. The van der Waals surface area contributed by atoms with Crippen LogP contribution in [0.25, 0.3) is 0 Å². The van der Waals surface area contributed by atoms with Crippen LogP contribution in [0, 0.1) is 0 Å². The molecule has 14 heavy (non-hydrogen) atoms. The summed E-state index contributed by atoms with van der Waals surface area (Å²) in [7, 11) is 1.18. The van der Waals surface area contributed by atoms with Crippen molar-refractivity contribution in [3.63, 3.8) is 0 Å². The van der Waals surface area contributed by atoms with Crippen molar-refractivity contribution >= 4 is 15.9 Å². The third kappa shape index (κ3) is 2.12. The molecule has 1 N–H and O–H groups in total. The number of methoxy groups -OCH3 is 1. The van der Waals surface area contributed by atoms with Crippen LogP contribution in [-0.4, -0.2) is 12.1 Å². The van der Waals surface area contributed by atoms with Gasteiger partial charge in [-0.25, -0.2) is 8.78 Å². The van der Waals surface area contributed by atoms with E-state index in [9.17, 15) is 13.6 Å². The van der Waals surface area contributed by atoms with Gasteiger partial charge in [0.05, 0.1) is 12.7 Å². The molecule has 0 aromatic carbocycles. The highest BCUT2D eigenvalue weighted by Crippen LogP contribution is 2.26. The van der Waals surface area contributed by atoms with Crippen LogP contribution in [0.15, 0.2) is 10.9 Å². The van der Waals surface area contributed by atoms with Crippen molar-refractivity contribution in [2.75, 3.05) is 7.11 Å². The third-order valence-electron chi connectivity index (χ3n) is 1.66. The van der Waals surface area contributed by atoms with E-state index in [4.69, 9.17) is 0 Å². The molecular formula is C8H8BrF2NO2. The fourth-order valence-electron chi connectivity index (χ4n) is 1.07. The van der Waals surface area contributed by atoms with E-state index in [1.807, 2.05) is 0 Å². The van der Waals surface area contributed by atoms with Crippen LogP contribution >= 0.6 is 15.9 Å². The first-order chi connectivity index (χ1) is 6.60. The Hall–Kier alpha value is -0.910. The van der Waals surface area contributed by atoms with Crippen molar-refractivity contribution in [2.45, 2.75) is 11.8 Å². The summed E-state index contributed by atoms with van der Waals surface area (Å²) in [4.78, 5) is 13.6. The van der Waals surface area contributed by atoms with Crippen LogP contribution in [0.1, 0.15) is 17.7 Å². The highest BCUT2D eigenvalue weighted by atomic mass is 79.9. The average Bonchev–Trinajstić information content (AvgIpc) is 2.16. The number of aromatic amines is 1. The molecule has 0 aliphatic rings. The minimum absolute atomic E-state index is 0.311. The molecule has 1 rings (SSSR count). The first-order valence-corrected chi connectivity index (χ1v) is 4.86. The van der Waals surface area contributed by atoms with Crippen molar-refractivity contribution in [1.29, 1.82) is 0 Å². The largest absolute Gasteiger partial charge is 0.491 e. The van der Waals surface area contributed by atoms with Crippen LogP contribution in [0.5, 0.6) is 5.75 Å². The maximum absolute atomic E-state index is 12.5. The zero-order valence-electron chi connectivity index (χ0n) is 7.31. The Kier molecular flexibility index (Phi) is 3.62. The molecule has 6 heteroatoms. The molecule has 0 bridgehead atoms. The van der Waals surface area contributed by atoms with E-state index in [1.165, 1.54) is 13.2 Å². The Bertz CT molecular complexity index is 378. The minimum Gasteiger partial charge on any atom is -0.491 e. The number of hydrogen-bond acceptors (Lipinski definition) is 2. The molecule has 0 saturated heterocycles. The Morgan fingerprint density at radius 3 is 2.71 bits per heavy atom. The molecule has 0 atom stereocenters. The molecule has 3 nitrogen and oxygen atoms in total. The minimum atomic E-state index is -2.72. The van der Waals surface area contributed by atoms with E-state index in [1.54, 1.807) is 0 Å². The van der Waals surface area contributed by atoms with Gasteiger partial charge < -0.3 is 9.72 Å². The van der Waals surface area contributed by atoms with Gasteiger partial charge in [-0.15, -0.1) is 0 Å². The number of aromatic nitrogens is 1. The quantitative estimate of drug-likeness (QED) is 0.854. The van der Waals surface area contributed by atoms with Crippen molar-refractivity contribution in [1.82, 2.24) is 4.98 Å². The number of nitrogens with one attached hydrogen (secondary N) is 1. The van der Waals surface area contributed by atoms with Crippen molar-refractivity contribution in [2.24, 2.45) is 0 Å². The molecule has 1 aromatic heterocycles. The molecule has 0 aliphatic heterocycles. The summed E-state index contributed by atoms with van der Waals surface area (Å²) in [6.07, 6.45) is -2.72. The van der Waals surface area contributed by atoms with Crippen LogP contribution in [0.2, 0.25) is 0 Å². The summed E-state index contributed by atoms with van der Waals surface area (Å²) < 4.78 is 29.5. The molecule has 0 unspecified atom stereocenters. The van der Waals surface area contributed by atoms with E-state index < -0.39 is 12.0 Å².